The van der Waals surface area contributed by atoms with Crippen LogP contribution in [0, 0.1) is 6.92 Å². The summed E-state index contributed by atoms with van der Waals surface area (Å²) in [6, 6.07) is 18.2. The molecule has 4 aromatic rings. The van der Waals surface area contributed by atoms with Gasteiger partial charge < -0.3 is 14.4 Å². The van der Waals surface area contributed by atoms with E-state index in [4.69, 9.17) is 9.26 Å². The van der Waals surface area contributed by atoms with E-state index in [9.17, 15) is 5.11 Å². The monoisotopic (exact) mass is 478 g/mol. The summed E-state index contributed by atoms with van der Waals surface area (Å²) in [5.41, 5.74) is 2.89. The highest BCUT2D eigenvalue weighted by Crippen LogP contribution is 2.28. The molecule has 2 aromatic heterocycles. The number of thiazole rings is 1. The van der Waals surface area contributed by atoms with E-state index in [1.165, 1.54) is 0 Å². The molecule has 3 atom stereocenters. The van der Waals surface area contributed by atoms with Gasteiger partial charge in [-0.2, -0.15) is 0 Å². The van der Waals surface area contributed by atoms with Crippen LogP contribution in [-0.4, -0.2) is 63.1 Å². The van der Waals surface area contributed by atoms with Gasteiger partial charge in [0.05, 0.1) is 20.9 Å². The first-order chi connectivity index (χ1) is 16.5. The lowest BCUT2D eigenvalue weighted by atomic mass is 10.1. The Labute approximate surface area is 203 Å². The summed E-state index contributed by atoms with van der Waals surface area (Å²) in [6.07, 6.45) is -1.06. The lowest BCUT2D eigenvalue weighted by Gasteiger charge is -2.44. The van der Waals surface area contributed by atoms with Crippen LogP contribution < -0.4 is 4.74 Å². The number of fused-ring (bicyclic) bond motifs is 1. The van der Waals surface area contributed by atoms with Crippen LogP contribution in [0.15, 0.2) is 59.1 Å². The van der Waals surface area contributed by atoms with Crippen LogP contribution >= 0.6 is 11.3 Å². The summed E-state index contributed by atoms with van der Waals surface area (Å²) in [5.74, 6) is 1.52. The van der Waals surface area contributed by atoms with E-state index >= 15 is 0 Å². The Bertz CT molecular complexity index is 1240. The van der Waals surface area contributed by atoms with Gasteiger partial charge in [-0.05, 0) is 32.9 Å². The zero-order valence-corrected chi connectivity index (χ0v) is 20.5. The zero-order valence-electron chi connectivity index (χ0n) is 19.7. The molecule has 7 nitrogen and oxygen atoms in total. The van der Waals surface area contributed by atoms with Crippen molar-refractivity contribution in [3.63, 3.8) is 0 Å². The number of hydrogen-bond donors (Lipinski definition) is 1. The van der Waals surface area contributed by atoms with Gasteiger partial charge in [0.25, 0.3) is 0 Å². The normalized spacial score (nSPS) is 19.4. The fourth-order valence-corrected chi connectivity index (χ4v) is 5.41. The van der Waals surface area contributed by atoms with Gasteiger partial charge in [0.2, 0.25) is 0 Å². The fourth-order valence-electron chi connectivity index (χ4n) is 4.60. The molecule has 0 spiro atoms. The predicted molar refractivity (Wildman–Crippen MR) is 134 cm³/mol. The molecule has 1 N–H and O–H groups in total. The van der Waals surface area contributed by atoms with E-state index in [1.807, 2.05) is 61.5 Å². The number of ether oxygens (including phenoxy) is 1. The first-order valence-electron chi connectivity index (χ1n) is 11.7. The molecule has 0 amide bonds. The number of rotatable bonds is 7. The Kier molecular flexibility index (Phi) is 6.65. The summed E-state index contributed by atoms with van der Waals surface area (Å²) < 4.78 is 13.0. The van der Waals surface area contributed by atoms with Crippen LogP contribution in [0.25, 0.3) is 21.5 Å². The Hall–Kier alpha value is -2.78. The van der Waals surface area contributed by atoms with Crippen molar-refractivity contribution < 1.29 is 14.4 Å². The smallest absolute Gasteiger partial charge is 0.178 e. The van der Waals surface area contributed by atoms with Gasteiger partial charge in [-0.25, -0.2) is 4.98 Å². The Balaban J connectivity index is 1.23. The van der Waals surface area contributed by atoms with Crippen molar-refractivity contribution in [2.45, 2.75) is 45.7 Å². The zero-order chi connectivity index (χ0) is 23.7. The minimum Gasteiger partial charge on any atom is -0.472 e. The number of aryl methyl sites for hydroxylation is 1. The van der Waals surface area contributed by atoms with Crippen molar-refractivity contribution in [3.05, 3.63) is 65.3 Å². The number of benzene rings is 2. The maximum absolute atomic E-state index is 10.6. The standard InChI is InChI=1S/C26H30N4O3S/c1-17-15-29(16-21-13-24(33-28-21)20-7-5-4-6-8-20)11-12-30(17)26(18(2)31)32-22-9-10-25-23(14-22)27-19(3)34-25/h4-10,13-14,17-18,26,31H,11-12,15-16H2,1-3H3/t17-,18+,26?/m0/s1. The van der Waals surface area contributed by atoms with Gasteiger partial charge in [-0.3, -0.25) is 9.80 Å². The Morgan fingerprint density at radius 3 is 2.76 bits per heavy atom. The summed E-state index contributed by atoms with van der Waals surface area (Å²) >= 11 is 1.67. The molecule has 1 saturated heterocycles. The van der Waals surface area contributed by atoms with Crippen LogP contribution in [0.4, 0.5) is 0 Å². The van der Waals surface area contributed by atoms with Crippen molar-refractivity contribution in [1.82, 2.24) is 19.9 Å². The third-order valence-corrected chi connectivity index (χ3v) is 7.18. The highest BCUT2D eigenvalue weighted by molar-refractivity contribution is 7.18. The summed E-state index contributed by atoms with van der Waals surface area (Å²) in [5, 5.41) is 15.9. The van der Waals surface area contributed by atoms with Gasteiger partial charge in [-0.1, -0.05) is 35.5 Å². The van der Waals surface area contributed by atoms with Crippen LogP contribution in [-0.2, 0) is 6.54 Å². The van der Waals surface area contributed by atoms with Crippen LogP contribution in [0.2, 0.25) is 0 Å². The molecule has 1 unspecified atom stereocenters. The number of hydrogen-bond acceptors (Lipinski definition) is 8. The van der Waals surface area contributed by atoms with E-state index in [0.717, 1.165) is 64.2 Å². The quantitative estimate of drug-likeness (QED) is 0.418. The summed E-state index contributed by atoms with van der Waals surface area (Å²) in [7, 11) is 0. The van der Waals surface area contributed by atoms with E-state index in [-0.39, 0.29) is 6.04 Å². The Morgan fingerprint density at radius 2 is 2.00 bits per heavy atom. The molecule has 34 heavy (non-hydrogen) atoms. The fraction of sp³-hybridized carbons (Fsp3) is 0.385. The molecule has 1 aliphatic heterocycles. The highest BCUT2D eigenvalue weighted by Gasteiger charge is 2.33. The first-order valence-corrected chi connectivity index (χ1v) is 12.5. The summed E-state index contributed by atoms with van der Waals surface area (Å²) in [4.78, 5) is 9.18. The molecule has 0 saturated carbocycles. The van der Waals surface area contributed by atoms with Crippen LogP contribution in [0.3, 0.4) is 0 Å². The minimum absolute atomic E-state index is 0.207. The molecule has 178 valence electrons. The van der Waals surface area contributed by atoms with E-state index < -0.39 is 12.3 Å². The molecular weight excluding hydrogens is 448 g/mol. The molecule has 0 aliphatic carbocycles. The van der Waals surface area contributed by atoms with Crippen molar-refractivity contribution in [2.75, 3.05) is 19.6 Å². The molecule has 2 aromatic carbocycles. The molecule has 1 aliphatic rings. The van der Waals surface area contributed by atoms with Gasteiger partial charge >= 0.3 is 0 Å². The van der Waals surface area contributed by atoms with Gasteiger partial charge in [0, 0.05) is 49.9 Å². The lowest BCUT2D eigenvalue weighted by Crippen LogP contribution is -2.59. The number of aliphatic hydroxyl groups excluding tert-OH is 1. The number of aliphatic hydroxyl groups is 1. The van der Waals surface area contributed by atoms with Gasteiger partial charge in [0.1, 0.15) is 11.9 Å². The third kappa shape index (κ3) is 5.00. The minimum atomic E-state index is -0.633. The average Bonchev–Trinajstić information content (AvgIpc) is 3.43. The predicted octanol–water partition coefficient (Wildman–Crippen LogP) is 4.55. The molecule has 5 rings (SSSR count). The molecule has 0 radical (unpaired) electrons. The molecule has 0 bridgehead atoms. The molecule has 3 heterocycles. The van der Waals surface area contributed by atoms with Crippen molar-refractivity contribution in [2.24, 2.45) is 0 Å². The van der Waals surface area contributed by atoms with Crippen molar-refractivity contribution in [1.29, 1.82) is 0 Å². The van der Waals surface area contributed by atoms with E-state index in [1.54, 1.807) is 18.3 Å². The maximum Gasteiger partial charge on any atom is 0.178 e. The largest absolute Gasteiger partial charge is 0.472 e. The number of piperazine rings is 1. The van der Waals surface area contributed by atoms with E-state index in [0.29, 0.717) is 0 Å². The third-order valence-electron chi connectivity index (χ3n) is 6.23. The number of aromatic nitrogens is 2. The molecular formula is C26H30N4O3S. The van der Waals surface area contributed by atoms with Crippen LogP contribution in [0.5, 0.6) is 5.75 Å². The SMILES string of the molecule is Cc1nc2cc(OC([C@@H](C)O)N3CCN(Cc4cc(-c5ccccc5)on4)C[C@@H]3C)ccc2s1. The second kappa shape index (κ2) is 9.84. The number of nitrogens with zero attached hydrogens (tertiary/aromatic N) is 4. The topological polar surface area (TPSA) is 74.9 Å². The van der Waals surface area contributed by atoms with Gasteiger partial charge in [0.15, 0.2) is 12.0 Å². The van der Waals surface area contributed by atoms with Crippen molar-refractivity contribution >= 4 is 21.6 Å². The van der Waals surface area contributed by atoms with Gasteiger partial charge in [-0.15, -0.1) is 11.3 Å². The molecule has 1 fully saturated rings. The van der Waals surface area contributed by atoms with E-state index in [2.05, 4.69) is 26.9 Å². The maximum atomic E-state index is 10.6. The molecule has 8 heteroatoms. The first kappa shape index (κ1) is 23.0. The lowest BCUT2D eigenvalue weighted by molar-refractivity contribution is -0.0959. The summed E-state index contributed by atoms with van der Waals surface area (Å²) in [6.45, 7) is 9.20. The second-order valence-corrected chi connectivity index (χ2v) is 10.2. The second-order valence-electron chi connectivity index (χ2n) is 8.98. The van der Waals surface area contributed by atoms with Crippen molar-refractivity contribution in [3.8, 4) is 17.1 Å². The average molecular weight is 479 g/mol. The Morgan fingerprint density at radius 1 is 1.18 bits per heavy atom. The van der Waals surface area contributed by atoms with Crippen LogP contribution in [0.1, 0.15) is 24.5 Å². The highest BCUT2D eigenvalue weighted by atomic mass is 32.1.